The van der Waals surface area contributed by atoms with Gasteiger partial charge in [0.2, 0.25) is 0 Å². The number of unbranched alkanes of at least 4 members (excludes halogenated alkanes) is 3. The molecule has 3 nitrogen and oxygen atoms in total. The Bertz CT molecular complexity index is 220. The highest BCUT2D eigenvalue weighted by Crippen LogP contribution is 2.44. The molecule has 1 unspecified atom stereocenters. The van der Waals surface area contributed by atoms with E-state index in [9.17, 15) is 4.57 Å². The van der Waals surface area contributed by atoms with Crippen LogP contribution in [0.3, 0.4) is 0 Å². The summed E-state index contributed by atoms with van der Waals surface area (Å²) in [4.78, 5) is 18.2. The molecule has 0 fully saturated rings. The van der Waals surface area contributed by atoms with E-state index in [4.69, 9.17) is 9.79 Å². The van der Waals surface area contributed by atoms with E-state index in [1.54, 1.807) is 6.08 Å². The summed E-state index contributed by atoms with van der Waals surface area (Å²) in [5, 5.41) is 0. The van der Waals surface area contributed by atoms with Gasteiger partial charge in [0.25, 0.3) is 0 Å². The van der Waals surface area contributed by atoms with Gasteiger partial charge in [-0.3, -0.25) is 4.57 Å². The highest BCUT2D eigenvalue weighted by molar-refractivity contribution is 7.52. The molecule has 0 heterocycles. The van der Waals surface area contributed by atoms with Crippen molar-refractivity contribution in [2.45, 2.75) is 58.0 Å². The SMILES string of the molecule is CC/C=C/C(CCCCCC)P(=O)(O)O. The van der Waals surface area contributed by atoms with Crippen molar-refractivity contribution in [3.05, 3.63) is 12.2 Å². The molecule has 0 aliphatic carbocycles. The Kier molecular flexibility index (Phi) is 8.03. The fraction of sp³-hybridized carbons (Fsp3) is 0.818. The van der Waals surface area contributed by atoms with E-state index in [0.717, 1.165) is 32.1 Å². The van der Waals surface area contributed by atoms with Gasteiger partial charge in [-0.15, -0.1) is 0 Å². The van der Waals surface area contributed by atoms with Gasteiger partial charge in [-0.2, -0.15) is 0 Å². The molecule has 90 valence electrons. The second kappa shape index (κ2) is 8.09. The van der Waals surface area contributed by atoms with Crippen molar-refractivity contribution in [1.82, 2.24) is 0 Å². The summed E-state index contributed by atoms with van der Waals surface area (Å²) in [6.45, 7) is 4.09. The van der Waals surface area contributed by atoms with Gasteiger partial charge in [-0.05, 0) is 12.8 Å². The molecule has 0 saturated heterocycles. The minimum absolute atomic E-state index is 0.575. The van der Waals surface area contributed by atoms with Crippen LogP contribution in [0.25, 0.3) is 0 Å². The Labute approximate surface area is 92.8 Å². The molecule has 1 atom stereocenters. The predicted molar refractivity (Wildman–Crippen MR) is 64.0 cm³/mol. The molecule has 0 amide bonds. The molecule has 4 heteroatoms. The molecule has 0 aromatic carbocycles. The Balaban J connectivity index is 4.03. The van der Waals surface area contributed by atoms with Crippen molar-refractivity contribution in [3.63, 3.8) is 0 Å². The maximum absolute atomic E-state index is 11.1. The number of hydrogen-bond donors (Lipinski definition) is 2. The van der Waals surface area contributed by atoms with E-state index in [2.05, 4.69) is 6.92 Å². The number of hydrogen-bond acceptors (Lipinski definition) is 1. The smallest absolute Gasteiger partial charge is 0.324 e. The Morgan fingerprint density at radius 2 is 1.87 bits per heavy atom. The van der Waals surface area contributed by atoms with Crippen LogP contribution in [0.1, 0.15) is 52.4 Å². The minimum Gasteiger partial charge on any atom is -0.324 e. The van der Waals surface area contributed by atoms with Crippen LogP contribution < -0.4 is 0 Å². The monoisotopic (exact) mass is 234 g/mol. The van der Waals surface area contributed by atoms with Crippen molar-refractivity contribution >= 4 is 7.60 Å². The fourth-order valence-corrected chi connectivity index (χ4v) is 2.31. The number of rotatable bonds is 8. The average Bonchev–Trinajstić information content (AvgIpc) is 2.15. The number of allylic oxidation sites excluding steroid dienone is 2. The van der Waals surface area contributed by atoms with Crippen molar-refractivity contribution in [2.75, 3.05) is 0 Å². The molecular formula is C11H23O3P. The van der Waals surface area contributed by atoms with Crippen LogP contribution in [0.15, 0.2) is 12.2 Å². The Morgan fingerprint density at radius 1 is 1.20 bits per heavy atom. The van der Waals surface area contributed by atoms with Crippen molar-refractivity contribution in [3.8, 4) is 0 Å². The third-order valence-corrected chi connectivity index (χ3v) is 3.67. The second-order valence-electron chi connectivity index (χ2n) is 3.84. The van der Waals surface area contributed by atoms with Gasteiger partial charge in [-0.1, -0.05) is 51.7 Å². The summed E-state index contributed by atoms with van der Waals surface area (Å²) < 4.78 is 11.1. The largest absolute Gasteiger partial charge is 0.332 e. The van der Waals surface area contributed by atoms with E-state index in [-0.39, 0.29) is 0 Å². The first-order valence-electron chi connectivity index (χ1n) is 5.74. The standard InChI is InChI=1S/C11H23O3P/c1-3-5-7-8-10-11(9-6-4-2)15(12,13)14/h6,9,11H,3-5,7-8,10H2,1-2H3,(H2,12,13,14)/b9-6+. The zero-order valence-corrected chi connectivity index (χ0v) is 10.6. The lowest BCUT2D eigenvalue weighted by atomic mass is 10.1. The summed E-state index contributed by atoms with van der Waals surface area (Å²) in [5.41, 5.74) is -0.575. The minimum atomic E-state index is -3.94. The summed E-state index contributed by atoms with van der Waals surface area (Å²) >= 11 is 0. The van der Waals surface area contributed by atoms with Crippen LogP contribution in [0.2, 0.25) is 0 Å². The highest BCUT2D eigenvalue weighted by atomic mass is 31.2. The van der Waals surface area contributed by atoms with Crippen LogP contribution in [0.4, 0.5) is 0 Å². The molecule has 0 saturated carbocycles. The van der Waals surface area contributed by atoms with Gasteiger partial charge in [0.15, 0.2) is 0 Å². The summed E-state index contributed by atoms with van der Waals surface area (Å²) in [6.07, 6.45) is 9.18. The molecule has 0 rings (SSSR count). The fourth-order valence-electron chi connectivity index (χ4n) is 1.45. The maximum atomic E-state index is 11.1. The molecule has 0 aromatic rings. The van der Waals surface area contributed by atoms with Gasteiger partial charge in [0.1, 0.15) is 0 Å². The first-order chi connectivity index (χ1) is 7.02. The maximum Gasteiger partial charge on any atom is 0.332 e. The van der Waals surface area contributed by atoms with Crippen LogP contribution in [0.5, 0.6) is 0 Å². The zero-order valence-electron chi connectivity index (χ0n) is 9.72. The summed E-state index contributed by atoms with van der Waals surface area (Å²) in [6, 6.07) is 0. The lowest BCUT2D eigenvalue weighted by Gasteiger charge is -2.14. The molecule has 0 spiro atoms. The first kappa shape index (κ1) is 14.9. The van der Waals surface area contributed by atoms with Crippen LogP contribution in [-0.4, -0.2) is 15.4 Å². The van der Waals surface area contributed by atoms with Gasteiger partial charge >= 0.3 is 7.60 Å². The van der Waals surface area contributed by atoms with E-state index in [1.807, 2.05) is 13.0 Å². The molecule has 0 radical (unpaired) electrons. The highest BCUT2D eigenvalue weighted by Gasteiger charge is 2.25. The lowest BCUT2D eigenvalue weighted by molar-refractivity contribution is 0.361. The summed E-state index contributed by atoms with van der Waals surface area (Å²) in [7, 11) is -3.94. The Hall–Kier alpha value is -0.110. The molecule has 2 N–H and O–H groups in total. The predicted octanol–water partition coefficient (Wildman–Crippen LogP) is 3.47. The van der Waals surface area contributed by atoms with Gasteiger partial charge < -0.3 is 9.79 Å². The van der Waals surface area contributed by atoms with Crippen LogP contribution >= 0.6 is 7.60 Å². The normalized spacial score (nSPS) is 14.7. The van der Waals surface area contributed by atoms with Crippen LogP contribution in [-0.2, 0) is 4.57 Å². The van der Waals surface area contributed by atoms with Crippen molar-refractivity contribution in [1.29, 1.82) is 0 Å². The Morgan fingerprint density at radius 3 is 2.33 bits per heavy atom. The molecule has 0 bridgehead atoms. The third kappa shape index (κ3) is 7.78. The van der Waals surface area contributed by atoms with Gasteiger partial charge in [0, 0.05) is 0 Å². The average molecular weight is 234 g/mol. The van der Waals surface area contributed by atoms with Crippen molar-refractivity contribution < 1.29 is 14.4 Å². The van der Waals surface area contributed by atoms with E-state index >= 15 is 0 Å². The summed E-state index contributed by atoms with van der Waals surface area (Å²) in [5.74, 6) is 0. The lowest BCUT2D eigenvalue weighted by Crippen LogP contribution is -2.04. The van der Waals surface area contributed by atoms with E-state index in [1.165, 1.54) is 0 Å². The molecule has 0 aliphatic rings. The van der Waals surface area contributed by atoms with E-state index in [0.29, 0.717) is 6.42 Å². The quantitative estimate of drug-likeness (QED) is 0.384. The van der Waals surface area contributed by atoms with Gasteiger partial charge in [-0.25, -0.2) is 0 Å². The third-order valence-electron chi connectivity index (χ3n) is 2.38. The molecule has 0 aromatic heterocycles. The molecular weight excluding hydrogens is 211 g/mol. The van der Waals surface area contributed by atoms with E-state index < -0.39 is 13.3 Å². The second-order valence-corrected chi connectivity index (χ2v) is 5.68. The van der Waals surface area contributed by atoms with Gasteiger partial charge in [0.05, 0.1) is 5.66 Å². The van der Waals surface area contributed by atoms with Crippen molar-refractivity contribution in [2.24, 2.45) is 0 Å². The first-order valence-corrected chi connectivity index (χ1v) is 7.42. The zero-order chi connectivity index (χ0) is 11.7. The van der Waals surface area contributed by atoms with Crippen LogP contribution in [0, 0.1) is 0 Å². The molecule has 15 heavy (non-hydrogen) atoms. The molecule has 0 aliphatic heterocycles. The topological polar surface area (TPSA) is 57.5 Å².